The highest BCUT2D eigenvalue weighted by atomic mass is 35.5. The van der Waals surface area contributed by atoms with Gasteiger partial charge < -0.3 is 11.1 Å². The zero-order valence-corrected chi connectivity index (χ0v) is 13.3. The van der Waals surface area contributed by atoms with Crippen LogP contribution in [0.2, 0.25) is 5.02 Å². The van der Waals surface area contributed by atoms with Gasteiger partial charge >= 0.3 is 0 Å². The lowest BCUT2D eigenvalue weighted by Gasteiger charge is -2.33. The van der Waals surface area contributed by atoms with Crippen LogP contribution >= 0.6 is 24.0 Å². The van der Waals surface area contributed by atoms with Gasteiger partial charge in [0.2, 0.25) is 0 Å². The fourth-order valence-electron chi connectivity index (χ4n) is 2.58. The molecule has 0 aliphatic heterocycles. The number of nitrogens with two attached hydrogens (primary N) is 1. The number of amides is 1. The summed E-state index contributed by atoms with van der Waals surface area (Å²) in [5, 5.41) is 3.63. The number of carbonyl (C=O) groups excluding carboxylic acids is 1. The number of benzene rings is 1. The Morgan fingerprint density at radius 3 is 2.60 bits per heavy atom. The van der Waals surface area contributed by atoms with E-state index in [9.17, 15) is 4.79 Å². The number of halogens is 2. The van der Waals surface area contributed by atoms with Crippen molar-refractivity contribution < 1.29 is 4.79 Å². The average molecular weight is 317 g/mol. The number of aryl methyl sites for hydroxylation is 1. The number of hydrogen-bond acceptors (Lipinski definition) is 2. The lowest BCUT2D eigenvalue weighted by molar-refractivity contribution is 0.0937. The van der Waals surface area contributed by atoms with Gasteiger partial charge in [-0.05, 0) is 43.5 Å². The molecule has 1 aromatic carbocycles. The van der Waals surface area contributed by atoms with Crippen LogP contribution in [0.15, 0.2) is 18.2 Å². The van der Waals surface area contributed by atoms with Gasteiger partial charge in [-0.1, -0.05) is 30.9 Å². The van der Waals surface area contributed by atoms with Gasteiger partial charge in [0, 0.05) is 22.7 Å². The molecule has 1 aliphatic rings. The van der Waals surface area contributed by atoms with Crippen LogP contribution in [0.25, 0.3) is 0 Å². The van der Waals surface area contributed by atoms with Crippen LogP contribution in [-0.2, 0) is 0 Å². The standard InChI is InChI=1S/C15H21ClN2O.ClH/c1-11-9-12(5-6-13(11)16)14(19)18-10-15(17)7-3-2-4-8-15;/h5-6,9H,2-4,7-8,10,17H2,1H3,(H,18,19);1H. The van der Waals surface area contributed by atoms with Gasteiger partial charge in [0.25, 0.3) is 5.91 Å². The number of carbonyl (C=O) groups is 1. The minimum Gasteiger partial charge on any atom is -0.350 e. The molecule has 5 heteroatoms. The van der Waals surface area contributed by atoms with E-state index in [1.807, 2.05) is 13.0 Å². The normalized spacial score (nSPS) is 17.1. The maximum atomic E-state index is 12.1. The molecule has 1 aromatic rings. The van der Waals surface area contributed by atoms with Crippen molar-refractivity contribution in [2.45, 2.75) is 44.6 Å². The molecule has 1 amide bonds. The Bertz CT molecular complexity index is 471. The van der Waals surface area contributed by atoms with E-state index in [1.165, 1.54) is 6.42 Å². The molecule has 0 aromatic heterocycles. The van der Waals surface area contributed by atoms with Crippen molar-refractivity contribution >= 4 is 29.9 Å². The van der Waals surface area contributed by atoms with Crippen LogP contribution in [0.3, 0.4) is 0 Å². The lowest BCUT2D eigenvalue weighted by atomic mass is 9.82. The van der Waals surface area contributed by atoms with E-state index in [0.29, 0.717) is 17.1 Å². The molecular weight excluding hydrogens is 295 g/mol. The molecule has 20 heavy (non-hydrogen) atoms. The second-order valence-corrected chi connectivity index (χ2v) is 5.98. The molecule has 1 saturated carbocycles. The van der Waals surface area contributed by atoms with Crippen molar-refractivity contribution in [3.8, 4) is 0 Å². The molecule has 1 aliphatic carbocycles. The summed E-state index contributed by atoms with van der Waals surface area (Å²) in [5.41, 5.74) is 7.63. The third-order valence-electron chi connectivity index (χ3n) is 3.87. The Morgan fingerprint density at radius 1 is 1.35 bits per heavy atom. The number of nitrogens with one attached hydrogen (secondary N) is 1. The molecule has 0 bridgehead atoms. The Hall–Kier alpha value is -0.770. The molecule has 0 unspecified atom stereocenters. The zero-order chi connectivity index (χ0) is 13.9. The van der Waals surface area contributed by atoms with Gasteiger partial charge in [-0.2, -0.15) is 0 Å². The molecule has 0 atom stereocenters. The third kappa shape index (κ3) is 4.37. The summed E-state index contributed by atoms with van der Waals surface area (Å²) >= 11 is 5.95. The lowest BCUT2D eigenvalue weighted by Crippen LogP contribution is -2.51. The van der Waals surface area contributed by atoms with E-state index in [4.69, 9.17) is 17.3 Å². The SMILES string of the molecule is Cc1cc(C(=O)NCC2(N)CCCCC2)ccc1Cl.Cl. The monoisotopic (exact) mass is 316 g/mol. The molecule has 0 heterocycles. The molecule has 112 valence electrons. The summed E-state index contributed by atoms with van der Waals surface area (Å²) in [6, 6.07) is 5.31. The Kier molecular flexibility index (Phi) is 6.31. The first-order valence-electron chi connectivity index (χ1n) is 6.83. The van der Waals surface area contributed by atoms with Gasteiger partial charge in [0.15, 0.2) is 0 Å². The second kappa shape index (κ2) is 7.30. The van der Waals surface area contributed by atoms with Crippen LogP contribution in [-0.4, -0.2) is 18.0 Å². The van der Waals surface area contributed by atoms with Crippen molar-refractivity contribution in [1.82, 2.24) is 5.32 Å². The highest BCUT2D eigenvalue weighted by Crippen LogP contribution is 2.25. The first-order chi connectivity index (χ1) is 9.00. The molecule has 0 radical (unpaired) electrons. The largest absolute Gasteiger partial charge is 0.350 e. The van der Waals surface area contributed by atoms with Gasteiger partial charge in [0.05, 0.1) is 0 Å². The highest BCUT2D eigenvalue weighted by Gasteiger charge is 2.27. The van der Waals surface area contributed by atoms with Crippen molar-refractivity contribution in [3.05, 3.63) is 34.3 Å². The van der Waals surface area contributed by atoms with E-state index in [2.05, 4.69) is 5.32 Å². The molecule has 1 fully saturated rings. The van der Waals surface area contributed by atoms with Gasteiger partial charge in [-0.3, -0.25) is 4.79 Å². The minimum absolute atomic E-state index is 0. The van der Waals surface area contributed by atoms with Gasteiger partial charge in [0.1, 0.15) is 0 Å². The fraction of sp³-hybridized carbons (Fsp3) is 0.533. The predicted molar refractivity (Wildman–Crippen MR) is 85.8 cm³/mol. The molecule has 3 nitrogen and oxygen atoms in total. The zero-order valence-electron chi connectivity index (χ0n) is 11.7. The highest BCUT2D eigenvalue weighted by molar-refractivity contribution is 6.31. The van der Waals surface area contributed by atoms with E-state index in [1.54, 1.807) is 12.1 Å². The van der Waals surface area contributed by atoms with E-state index >= 15 is 0 Å². The molecular formula is C15H22Cl2N2O. The summed E-state index contributed by atoms with van der Waals surface area (Å²) in [7, 11) is 0. The predicted octanol–water partition coefficient (Wildman–Crippen LogP) is 3.46. The summed E-state index contributed by atoms with van der Waals surface area (Å²) in [6.07, 6.45) is 5.56. The van der Waals surface area contributed by atoms with Crippen LogP contribution in [0.4, 0.5) is 0 Å². The van der Waals surface area contributed by atoms with E-state index in [0.717, 1.165) is 31.2 Å². The van der Waals surface area contributed by atoms with Crippen LogP contribution in [0, 0.1) is 6.92 Å². The van der Waals surface area contributed by atoms with Gasteiger partial charge in [-0.15, -0.1) is 12.4 Å². The molecule has 2 rings (SSSR count). The quantitative estimate of drug-likeness (QED) is 0.897. The Balaban J connectivity index is 0.00000200. The van der Waals surface area contributed by atoms with E-state index < -0.39 is 0 Å². The molecule has 0 spiro atoms. The first-order valence-corrected chi connectivity index (χ1v) is 7.21. The smallest absolute Gasteiger partial charge is 0.251 e. The van der Waals surface area contributed by atoms with Crippen molar-refractivity contribution in [2.75, 3.05) is 6.54 Å². The maximum Gasteiger partial charge on any atom is 0.251 e. The summed E-state index contributed by atoms with van der Waals surface area (Å²) in [5.74, 6) is -0.0739. The van der Waals surface area contributed by atoms with E-state index in [-0.39, 0.29) is 23.9 Å². The molecule has 0 saturated heterocycles. The Labute approximate surface area is 131 Å². The van der Waals surface area contributed by atoms with Crippen molar-refractivity contribution in [2.24, 2.45) is 5.73 Å². The number of rotatable bonds is 3. The van der Waals surface area contributed by atoms with Crippen molar-refractivity contribution in [3.63, 3.8) is 0 Å². The summed E-state index contributed by atoms with van der Waals surface area (Å²) < 4.78 is 0. The number of hydrogen-bond donors (Lipinski definition) is 2. The maximum absolute atomic E-state index is 12.1. The van der Waals surface area contributed by atoms with Crippen LogP contribution < -0.4 is 11.1 Å². The fourth-order valence-corrected chi connectivity index (χ4v) is 2.69. The Morgan fingerprint density at radius 2 is 2.00 bits per heavy atom. The summed E-state index contributed by atoms with van der Waals surface area (Å²) in [6.45, 7) is 2.44. The van der Waals surface area contributed by atoms with Crippen LogP contribution in [0.1, 0.15) is 48.0 Å². The van der Waals surface area contributed by atoms with Gasteiger partial charge in [-0.25, -0.2) is 0 Å². The molecule has 3 N–H and O–H groups in total. The minimum atomic E-state index is -0.227. The first kappa shape index (κ1) is 17.3. The third-order valence-corrected chi connectivity index (χ3v) is 4.29. The second-order valence-electron chi connectivity index (χ2n) is 5.57. The van der Waals surface area contributed by atoms with Crippen LogP contribution in [0.5, 0.6) is 0 Å². The average Bonchev–Trinajstić information content (AvgIpc) is 2.40. The van der Waals surface area contributed by atoms with Crippen molar-refractivity contribution in [1.29, 1.82) is 0 Å². The summed E-state index contributed by atoms with van der Waals surface area (Å²) in [4.78, 5) is 12.1. The topological polar surface area (TPSA) is 55.1 Å².